The zero-order valence-electron chi connectivity index (χ0n) is 16.1. The van der Waals surface area contributed by atoms with E-state index in [0.717, 1.165) is 68.7 Å². The quantitative estimate of drug-likeness (QED) is 0.224. The molecule has 2 rings (SSSR count). The van der Waals surface area contributed by atoms with Crippen molar-refractivity contribution in [1.29, 1.82) is 0 Å². The average Bonchev–Trinajstić information content (AvgIpc) is 3.10. The minimum Gasteiger partial charge on any atom is -0.356 e. The summed E-state index contributed by atoms with van der Waals surface area (Å²) in [6.45, 7) is 7.52. The number of unbranched alkanes of at least 4 members (excludes halogenated alkanes) is 1. The number of aryl methyl sites for hydroxylation is 1. The van der Waals surface area contributed by atoms with E-state index in [2.05, 4.69) is 56.4 Å². The Hall–Kier alpha value is -1.35. The zero-order chi connectivity index (χ0) is 18.6. The van der Waals surface area contributed by atoms with Crippen LogP contribution < -0.4 is 10.6 Å². The summed E-state index contributed by atoms with van der Waals surface area (Å²) in [5, 5.41) is 15.7. The lowest BCUT2D eigenvalue weighted by Crippen LogP contribution is -2.40. The van der Waals surface area contributed by atoms with Crippen molar-refractivity contribution in [1.82, 2.24) is 25.4 Å². The van der Waals surface area contributed by atoms with Crippen LogP contribution in [0.3, 0.4) is 0 Å². The summed E-state index contributed by atoms with van der Waals surface area (Å²) in [6, 6.07) is 7.97. The van der Waals surface area contributed by atoms with Gasteiger partial charge in [0.2, 0.25) is 0 Å². The van der Waals surface area contributed by atoms with E-state index < -0.39 is 0 Å². The van der Waals surface area contributed by atoms with E-state index in [-0.39, 0.29) is 24.0 Å². The molecule has 0 amide bonds. The normalized spacial score (nSPS) is 11.1. The molecule has 1 heterocycles. The van der Waals surface area contributed by atoms with E-state index in [1.165, 1.54) is 5.56 Å². The number of rotatable bonds is 10. The number of halogens is 2. The second kappa shape index (κ2) is 13.8. The smallest absolute Gasteiger partial charge is 0.191 e. The van der Waals surface area contributed by atoms with Gasteiger partial charge in [-0.25, -0.2) is 0 Å². The highest BCUT2D eigenvalue weighted by Crippen LogP contribution is 2.09. The first kappa shape index (κ1) is 23.7. The third-order valence-electron chi connectivity index (χ3n) is 4.06. The molecule has 0 radical (unpaired) electrons. The fourth-order valence-corrected chi connectivity index (χ4v) is 2.66. The molecule has 2 aromatic rings. The molecule has 0 aliphatic heterocycles. The highest BCUT2D eigenvalue weighted by molar-refractivity contribution is 14.0. The number of aromatic nitrogens is 3. The molecule has 27 heavy (non-hydrogen) atoms. The summed E-state index contributed by atoms with van der Waals surface area (Å²) in [5.41, 5.74) is 1.26. The van der Waals surface area contributed by atoms with Gasteiger partial charge in [-0.1, -0.05) is 44.0 Å². The van der Waals surface area contributed by atoms with Gasteiger partial charge >= 0.3 is 0 Å². The van der Waals surface area contributed by atoms with Gasteiger partial charge < -0.3 is 15.2 Å². The van der Waals surface area contributed by atoms with Gasteiger partial charge in [0.1, 0.15) is 12.2 Å². The molecule has 0 atom stereocenters. The van der Waals surface area contributed by atoms with Crippen LogP contribution in [-0.2, 0) is 19.4 Å². The molecule has 0 unspecified atom stereocenters. The Labute approximate surface area is 184 Å². The topological polar surface area (TPSA) is 67.1 Å². The molecule has 1 aromatic heterocycles. The second-order valence-corrected chi connectivity index (χ2v) is 6.54. The van der Waals surface area contributed by atoms with Crippen LogP contribution in [0.15, 0.2) is 35.6 Å². The van der Waals surface area contributed by atoms with Crippen LogP contribution in [0.2, 0.25) is 5.02 Å². The summed E-state index contributed by atoms with van der Waals surface area (Å²) < 4.78 is 2.07. The minimum atomic E-state index is 0. The van der Waals surface area contributed by atoms with Crippen molar-refractivity contribution in [3.05, 3.63) is 47.0 Å². The van der Waals surface area contributed by atoms with Crippen LogP contribution in [0, 0.1) is 0 Å². The number of aliphatic imine (C=N–C) groups is 1. The Kier molecular flexibility index (Phi) is 12.1. The molecular formula is C19H30ClIN6. The monoisotopic (exact) mass is 504 g/mol. The van der Waals surface area contributed by atoms with Crippen LogP contribution in [0.5, 0.6) is 0 Å². The van der Waals surface area contributed by atoms with Gasteiger partial charge in [0.15, 0.2) is 5.96 Å². The average molecular weight is 505 g/mol. The zero-order valence-corrected chi connectivity index (χ0v) is 19.2. The molecule has 0 aliphatic rings. The first-order chi connectivity index (χ1) is 12.7. The van der Waals surface area contributed by atoms with Gasteiger partial charge in [0, 0.05) is 37.6 Å². The SMILES string of the molecule is CCCCN=C(NCCc1ccc(Cl)cc1)NCCn1cnnc1CC.I. The third-order valence-corrected chi connectivity index (χ3v) is 4.31. The molecule has 6 nitrogen and oxygen atoms in total. The van der Waals surface area contributed by atoms with E-state index in [1.807, 2.05) is 12.1 Å². The van der Waals surface area contributed by atoms with Crippen molar-refractivity contribution in [3.63, 3.8) is 0 Å². The number of guanidine groups is 1. The van der Waals surface area contributed by atoms with Crippen LogP contribution in [0.1, 0.15) is 38.1 Å². The lowest BCUT2D eigenvalue weighted by molar-refractivity contribution is 0.630. The Morgan fingerprint density at radius 2 is 1.89 bits per heavy atom. The lowest BCUT2D eigenvalue weighted by atomic mass is 10.1. The molecule has 0 aliphatic carbocycles. The van der Waals surface area contributed by atoms with Crippen LogP contribution in [0.4, 0.5) is 0 Å². The summed E-state index contributed by atoms with van der Waals surface area (Å²) >= 11 is 5.93. The van der Waals surface area contributed by atoms with Crippen molar-refractivity contribution >= 4 is 41.5 Å². The first-order valence-corrected chi connectivity index (χ1v) is 9.74. The van der Waals surface area contributed by atoms with Gasteiger partial charge in [-0.15, -0.1) is 34.2 Å². The molecule has 0 saturated heterocycles. The summed E-state index contributed by atoms with van der Waals surface area (Å²) in [4.78, 5) is 4.65. The predicted molar refractivity (Wildman–Crippen MR) is 123 cm³/mol. The van der Waals surface area contributed by atoms with Crippen molar-refractivity contribution in [3.8, 4) is 0 Å². The minimum absolute atomic E-state index is 0. The largest absolute Gasteiger partial charge is 0.356 e. The van der Waals surface area contributed by atoms with Gasteiger partial charge in [-0.05, 0) is 30.5 Å². The van der Waals surface area contributed by atoms with Crippen molar-refractivity contribution in [2.45, 2.75) is 46.1 Å². The lowest BCUT2D eigenvalue weighted by Gasteiger charge is -2.13. The van der Waals surface area contributed by atoms with E-state index in [0.29, 0.717) is 0 Å². The van der Waals surface area contributed by atoms with Crippen LogP contribution in [-0.4, -0.2) is 40.4 Å². The van der Waals surface area contributed by atoms with E-state index in [4.69, 9.17) is 11.6 Å². The molecule has 8 heteroatoms. The molecule has 0 saturated carbocycles. The fourth-order valence-electron chi connectivity index (χ4n) is 2.53. The third kappa shape index (κ3) is 8.92. The predicted octanol–water partition coefficient (Wildman–Crippen LogP) is 3.69. The van der Waals surface area contributed by atoms with Crippen molar-refractivity contribution in [2.24, 2.45) is 4.99 Å². The summed E-state index contributed by atoms with van der Waals surface area (Å²) in [5.74, 6) is 1.87. The molecular weight excluding hydrogens is 475 g/mol. The number of hydrogen-bond acceptors (Lipinski definition) is 3. The summed E-state index contributed by atoms with van der Waals surface area (Å²) in [7, 11) is 0. The number of nitrogens with zero attached hydrogens (tertiary/aromatic N) is 4. The molecule has 2 N–H and O–H groups in total. The number of nitrogens with one attached hydrogen (secondary N) is 2. The van der Waals surface area contributed by atoms with Crippen molar-refractivity contribution < 1.29 is 0 Å². The maximum Gasteiger partial charge on any atom is 0.191 e. The first-order valence-electron chi connectivity index (χ1n) is 9.36. The molecule has 0 bridgehead atoms. The Balaban J connectivity index is 0.00000364. The molecule has 150 valence electrons. The Morgan fingerprint density at radius 1 is 1.15 bits per heavy atom. The van der Waals surface area contributed by atoms with Crippen molar-refractivity contribution in [2.75, 3.05) is 19.6 Å². The summed E-state index contributed by atoms with van der Waals surface area (Å²) in [6.07, 6.45) is 5.83. The standard InChI is InChI=1S/C19H29ClN6.HI/c1-3-5-11-21-19(22-12-10-16-6-8-17(20)9-7-16)23-13-14-26-15-24-25-18(26)4-2;/h6-9,15H,3-5,10-14H2,1-2H3,(H2,21,22,23);1H. The Morgan fingerprint density at radius 3 is 2.59 bits per heavy atom. The highest BCUT2D eigenvalue weighted by Gasteiger charge is 2.03. The fraction of sp³-hybridized carbons (Fsp3) is 0.526. The van der Waals surface area contributed by atoms with Gasteiger partial charge in [0.25, 0.3) is 0 Å². The van der Waals surface area contributed by atoms with Gasteiger partial charge in [0.05, 0.1) is 0 Å². The van der Waals surface area contributed by atoms with Crippen LogP contribution in [0.25, 0.3) is 0 Å². The molecule has 0 spiro atoms. The van der Waals surface area contributed by atoms with Crippen LogP contribution >= 0.6 is 35.6 Å². The molecule has 1 aromatic carbocycles. The van der Waals surface area contributed by atoms with E-state index in [1.54, 1.807) is 6.33 Å². The van der Waals surface area contributed by atoms with Gasteiger partial charge in [-0.3, -0.25) is 4.99 Å². The number of benzene rings is 1. The Bertz CT molecular complexity index is 671. The maximum absolute atomic E-state index is 5.93. The number of hydrogen-bond donors (Lipinski definition) is 2. The van der Waals surface area contributed by atoms with E-state index in [9.17, 15) is 0 Å². The van der Waals surface area contributed by atoms with E-state index >= 15 is 0 Å². The molecule has 0 fully saturated rings. The maximum atomic E-state index is 5.93. The van der Waals surface area contributed by atoms with Gasteiger partial charge in [-0.2, -0.15) is 0 Å². The second-order valence-electron chi connectivity index (χ2n) is 6.11. The highest BCUT2D eigenvalue weighted by atomic mass is 127.